The second kappa shape index (κ2) is 9.55. The molecule has 0 aliphatic rings. The average Bonchev–Trinajstić information content (AvgIpc) is 2.86. The van der Waals surface area contributed by atoms with Crippen molar-refractivity contribution in [2.75, 3.05) is 0 Å². The summed E-state index contributed by atoms with van der Waals surface area (Å²) >= 11 is 0. The molecule has 0 fully saturated rings. The van der Waals surface area contributed by atoms with Crippen molar-refractivity contribution in [2.24, 2.45) is 0 Å². The standard InChI is InChI=1S/C31H26O5/c32-25-7-1-19(2-8-25)13-22-16-23(14-20-3-9-26(33)10-4-20)30-28(17-22)29(35)18-24(31(30)36)15-21-5-11-27(34)12-6-21/h1-12,16-18,32-36H,13-15H2. The third-order valence-electron chi connectivity index (χ3n) is 6.41. The summed E-state index contributed by atoms with van der Waals surface area (Å²) in [6.45, 7) is 0. The van der Waals surface area contributed by atoms with E-state index in [0.29, 0.717) is 35.6 Å². The molecule has 0 spiro atoms. The first kappa shape index (κ1) is 23.1. The number of aromatic hydroxyl groups is 5. The van der Waals surface area contributed by atoms with E-state index in [4.69, 9.17) is 0 Å². The molecule has 0 heterocycles. The molecule has 0 aliphatic carbocycles. The van der Waals surface area contributed by atoms with Crippen LogP contribution in [0.1, 0.15) is 33.4 Å². The Hall–Kier alpha value is -4.64. The number of hydrogen-bond acceptors (Lipinski definition) is 5. The zero-order valence-electron chi connectivity index (χ0n) is 19.5. The van der Waals surface area contributed by atoms with Crippen molar-refractivity contribution in [2.45, 2.75) is 19.3 Å². The first-order valence-corrected chi connectivity index (χ1v) is 11.7. The summed E-state index contributed by atoms with van der Waals surface area (Å²) in [7, 11) is 0. The molecule has 0 saturated carbocycles. The van der Waals surface area contributed by atoms with Crippen LogP contribution in [0, 0.1) is 0 Å². The van der Waals surface area contributed by atoms with Crippen LogP contribution >= 0.6 is 0 Å². The molecule has 0 unspecified atom stereocenters. The van der Waals surface area contributed by atoms with Crippen LogP contribution < -0.4 is 0 Å². The molecular formula is C31H26O5. The fourth-order valence-corrected chi connectivity index (χ4v) is 4.61. The highest BCUT2D eigenvalue weighted by Gasteiger charge is 2.17. The van der Waals surface area contributed by atoms with Gasteiger partial charge in [0.2, 0.25) is 0 Å². The summed E-state index contributed by atoms with van der Waals surface area (Å²) in [6, 6.07) is 26.2. The molecule has 0 bridgehead atoms. The van der Waals surface area contributed by atoms with Gasteiger partial charge < -0.3 is 25.5 Å². The molecule has 5 heteroatoms. The van der Waals surface area contributed by atoms with Crippen LogP contribution in [0.25, 0.3) is 10.8 Å². The van der Waals surface area contributed by atoms with Crippen molar-refractivity contribution in [1.29, 1.82) is 0 Å². The van der Waals surface area contributed by atoms with Gasteiger partial charge in [-0.05, 0) is 89.2 Å². The Morgan fingerprint density at radius 3 is 1.36 bits per heavy atom. The van der Waals surface area contributed by atoms with Gasteiger partial charge in [0.05, 0.1) is 0 Å². The van der Waals surface area contributed by atoms with Gasteiger partial charge >= 0.3 is 0 Å². The lowest BCUT2D eigenvalue weighted by molar-refractivity contribution is 0.464. The van der Waals surface area contributed by atoms with Crippen molar-refractivity contribution < 1.29 is 25.5 Å². The van der Waals surface area contributed by atoms with Gasteiger partial charge in [-0.3, -0.25) is 0 Å². The third-order valence-corrected chi connectivity index (χ3v) is 6.41. The monoisotopic (exact) mass is 478 g/mol. The van der Waals surface area contributed by atoms with Gasteiger partial charge in [-0.15, -0.1) is 0 Å². The Bertz CT molecular complexity index is 1520. The average molecular weight is 479 g/mol. The van der Waals surface area contributed by atoms with Crippen molar-refractivity contribution >= 4 is 10.8 Å². The van der Waals surface area contributed by atoms with Crippen LogP contribution in [-0.2, 0) is 19.3 Å². The number of phenolic OH excluding ortho intramolecular Hbond substituents is 5. The van der Waals surface area contributed by atoms with Crippen LogP contribution in [0.3, 0.4) is 0 Å². The highest BCUT2D eigenvalue weighted by atomic mass is 16.3. The molecule has 0 radical (unpaired) electrons. The maximum absolute atomic E-state index is 11.4. The van der Waals surface area contributed by atoms with Gasteiger partial charge in [0, 0.05) is 22.8 Å². The Balaban J connectivity index is 1.63. The summed E-state index contributed by atoms with van der Waals surface area (Å²) in [5, 5.41) is 52.4. The number of hydrogen-bond donors (Lipinski definition) is 5. The number of benzene rings is 5. The molecule has 5 aromatic carbocycles. The van der Waals surface area contributed by atoms with Gasteiger partial charge in [-0.25, -0.2) is 0 Å². The third kappa shape index (κ3) is 4.91. The first-order chi connectivity index (χ1) is 17.4. The maximum Gasteiger partial charge on any atom is 0.127 e. The molecule has 0 aliphatic heterocycles. The molecule has 5 N–H and O–H groups in total. The van der Waals surface area contributed by atoms with Gasteiger partial charge in [0.15, 0.2) is 0 Å². The van der Waals surface area contributed by atoms with Gasteiger partial charge in [0.1, 0.15) is 28.7 Å². The lowest BCUT2D eigenvalue weighted by Crippen LogP contribution is -1.98. The molecule has 180 valence electrons. The SMILES string of the molecule is Oc1ccc(Cc2cc(Cc3ccc(O)cc3)c3c(O)c(Cc4ccc(O)cc4)cc(O)c3c2)cc1. The summed E-state index contributed by atoms with van der Waals surface area (Å²) in [5.41, 5.74) is 5.26. The van der Waals surface area contributed by atoms with E-state index in [2.05, 4.69) is 0 Å². The summed E-state index contributed by atoms with van der Waals surface area (Å²) in [6.07, 6.45) is 1.48. The summed E-state index contributed by atoms with van der Waals surface area (Å²) in [4.78, 5) is 0. The quantitative estimate of drug-likeness (QED) is 0.189. The predicted molar refractivity (Wildman–Crippen MR) is 140 cm³/mol. The van der Waals surface area contributed by atoms with Crippen molar-refractivity contribution in [3.05, 3.63) is 124 Å². The van der Waals surface area contributed by atoms with Crippen molar-refractivity contribution in [3.63, 3.8) is 0 Å². The molecule has 0 saturated heterocycles. The fourth-order valence-electron chi connectivity index (χ4n) is 4.61. The largest absolute Gasteiger partial charge is 0.508 e. The van der Waals surface area contributed by atoms with E-state index in [9.17, 15) is 25.5 Å². The van der Waals surface area contributed by atoms with Gasteiger partial charge in [-0.2, -0.15) is 0 Å². The van der Waals surface area contributed by atoms with E-state index in [1.807, 2.05) is 36.4 Å². The van der Waals surface area contributed by atoms with E-state index >= 15 is 0 Å². The molecule has 5 nitrogen and oxygen atoms in total. The lowest BCUT2D eigenvalue weighted by atomic mass is 9.90. The number of fused-ring (bicyclic) bond motifs is 1. The molecule has 0 aromatic heterocycles. The summed E-state index contributed by atoms with van der Waals surface area (Å²) < 4.78 is 0. The number of phenols is 5. The van der Waals surface area contributed by atoms with Crippen LogP contribution in [0.5, 0.6) is 28.7 Å². The van der Waals surface area contributed by atoms with E-state index in [1.54, 1.807) is 54.6 Å². The van der Waals surface area contributed by atoms with Crippen LogP contribution in [0.4, 0.5) is 0 Å². The van der Waals surface area contributed by atoms with E-state index < -0.39 is 0 Å². The molecule has 36 heavy (non-hydrogen) atoms. The Labute approximate surface area is 208 Å². The first-order valence-electron chi connectivity index (χ1n) is 11.7. The van der Waals surface area contributed by atoms with E-state index in [1.165, 1.54) is 0 Å². The zero-order valence-corrected chi connectivity index (χ0v) is 19.5. The smallest absolute Gasteiger partial charge is 0.127 e. The van der Waals surface area contributed by atoms with Crippen molar-refractivity contribution in [3.8, 4) is 28.7 Å². The minimum atomic E-state index is 0.0797. The highest BCUT2D eigenvalue weighted by Crippen LogP contribution is 2.40. The fraction of sp³-hybridized carbons (Fsp3) is 0.0968. The molecule has 0 amide bonds. The second-order valence-electron chi connectivity index (χ2n) is 9.11. The Morgan fingerprint density at radius 2 is 0.861 bits per heavy atom. The Kier molecular flexibility index (Phi) is 6.13. The minimum Gasteiger partial charge on any atom is -0.508 e. The predicted octanol–water partition coefficient (Wildman–Crippen LogP) is 6.14. The van der Waals surface area contributed by atoms with Gasteiger partial charge in [-0.1, -0.05) is 42.5 Å². The molecule has 5 rings (SSSR count). The van der Waals surface area contributed by atoms with Crippen molar-refractivity contribution in [1.82, 2.24) is 0 Å². The van der Waals surface area contributed by atoms with E-state index in [-0.39, 0.29) is 28.7 Å². The lowest BCUT2D eigenvalue weighted by Gasteiger charge is -2.16. The van der Waals surface area contributed by atoms with Crippen LogP contribution in [0.15, 0.2) is 91.0 Å². The molecule has 5 aromatic rings. The zero-order chi connectivity index (χ0) is 25.2. The topological polar surface area (TPSA) is 101 Å². The summed E-state index contributed by atoms with van der Waals surface area (Å²) in [5.74, 6) is 0.744. The van der Waals surface area contributed by atoms with E-state index in [0.717, 1.165) is 27.8 Å². The Morgan fingerprint density at radius 1 is 0.417 bits per heavy atom. The minimum absolute atomic E-state index is 0.0797. The van der Waals surface area contributed by atoms with Crippen LogP contribution in [-0.4, -0.2) is 25.5 Å². The normalized spacial score (nSPS) is 11.1. The maximum atomic E-state index is 11.4. The molecular weight excluding hydrogens is 452 g/mol. The molecule has 0 atom stereocenters. The van der Waals surface area contributed by atoms with Crippen LogP contribution in [0.2, 0.25) is 0 Å². The van der Waals surface area contributed by atoms with Gasteiger partial charge in [0.25, 0.3) is 0 Å². The highest BCUT2D eigenvalue weighted by molar-refractivity contribution is 5.97. The second-order valence-corrected chi connectivity index (χ2v) is 9.11. The number of rotatable bonds is 6.